The van der Waals surface area contributed by atoms with Gasteiger partial charge in [0, 0.05) is 38.3 Å². The van der Waals surface area contributed by atoms with Gasteiger partial charge in [-0.2, -0.15) is 8.75 Å². The number of aromatic nitrogens is 3. The Morgan fingerprint density at radius 2 is 1.47 bits per heavy atom. The van der Waals surface area contributed by atoms with Crippen LogP contribution < -0.4 is 5.32 Å². The van der Waals surface area contributed by atoms with Crippen molar-refractivity contribution in [1.29, 1.82) is 0 Å². The van der Waals surface area contributed by atoms with Gasteiger partial charge in [0.2, 0.25) is 0 Å². The zero-order valence-corrected chi connectivity index (χ0v) is 22.7. The Morgan fingerprint density at radius 3 is 2.25 bits per heavy atom. The summed E-state index contributed by atoms with van der Waals surface area (Å²) < 4.78 is 11.9. The second-order valence-corrected chi connectivity index (χ2v) is 11.7. The van der Waals surface area contributed by atoms with E-state index in [9.17, 15) is 0 Å². The summed E-state index contributed by atoms with van der Waals surface area (Å²) in [6, 6.07) is 21.9. The Balaban J connectivity index is 1.28. The number of rotatable bonds is 8. The monoisotopic (exact) mass is 526 g/mol. The molecule has 4 nitrogen and oxygen atoms in total. The van der Waals surface area contributed by atoms with E-state index in [1.54, 1.807) is 11.3 Å². The molecule has 0 saturated carbocycles. The molecule has 7 heteroatoms. The van der Waals surface area contributed by atoms with Crippen molar-refractivity contribution < 1.29 is 0 Å². The third-order valence-electron chi connectivity index (χ3n) is 6.37. The van der Waals surface area contributed by atoms with Gasteiger partial charge in [-0.3, -0.25) is 4.98 Å². The molecule has 6 aromatic rings. The van der Waals surface area contributed by atoms with Crippen LogP contribution in [0, 0.1) is 6.92 Å². The van der Waals surface area contributed by atoms with Gasteiger partial charge >= 0.3 is 0 Å². The molecule has 0 fully saturated rings. The highest BCUT2D eigenvalue weighted by Gasteiger charge is 2.18. The Morgan fingerprint density at radius 1 is 0.778 bits per heavy atom. The standard InChI is InChI=1S/C29H26N4S3/c1-3-4-5-14-30-21-12-10-19(11-13-21)22-17-31-28(29-27(22)32-36-33-29)26-16-25-24(35-26)15-23(34-25)20-8-6-18(2)7-9-20/h6-13,15-17,30H,3-5,14H2,1-2H3. The summed E-state index contributed by atoms with van der Waals surface area (Å²) in [7, 11) is 0. The van der Waals surface area contributed by atoms with Gasteiger partial charge < -0.3 is 5.32 Å². The first-order chi connectivity index (χ1) is 17.7. The second-order valence-electron chi connectivity index (χ2n) is 9.01. The third kappa shape index (κ3) is 4.54. The molecule has 0 aliphatic carbocycles. The number of nitrogens with zero attached hydrogens (tertiary/aromatic N) is 3. The molecule has 0 amide bonds. The van der Waals surface area contributed by atoms with E-state index in [4.69, 9.17) is 4.98 Å². The molecular weight excluding hydrogens is 501 g/mol. The Kier molecular flexibility index (Phi) is 6.52. The van der Waals surface area contributed by atoms with Crippen molar-refractivity contribution in [2.24, 2.45) is 0 Å². The largest absolute Gasteiger partial charge is 0.385 e. The molecule has 36 heavy (non-hydrogen) atoms. The average Bonchev–Trinajstić information content (AvgIpc) is 3.63. The first kappa shape index (κ1) is 23.3. The minimum absolute atomic E-state index is 0.881. The van der Waals surface area contributed by atoms with Crippen LogP contribution in [0.25, 0.3) is 52.6 Å². The van der Waals surface area contributed by atoms with Gasteiger partial charge in [0.15, 0.2) is 0 Å². The predicted molar refractivity (Wildman–Crippen MR) is 158 cm³/mol. The van der Waals surface area contributed by atoms with E-state index in [1.165, 1.54) is 56.4 Å². The number of nitrogens with one attached hydrogen (secondary N) is 1. The number of pyridine rings is 1. The van der Waals surface area contributed by atoms with Crippen molar-refractivity contribution in [3.63, 3.8) is 0 Å². The molecule has 4 heterocycles. The van der Waals surface area contributed by atoms with Crippen LogP contribution in [0.5, 0.6) is 0 Å². The predicted octanol–water partition coefficient (Wildman–Crippen LogP) is 9.27. The van der Waals surface area contributed by atoms with Crippen molar-refractivity contribution in [2.75, 3.05) is 11.9 Å². The summed E-state index contributed by atoms with van der Waals surface area (Å²) in [5, 5.41) is 3.51. The number of fused-ring (bicyclic) bond motifs is 2. The summed E-state index contributed by atoms with van der Waals surface area (Å²) in [4.78, 5) is 7.33. The first-order valence-electron chi connectivity index (χ1n) is 12.3. The summed E-state index contributed by atoms with van der Waals surface area (Å²) >= 11 is 4.86. The smallest absolute Gasteiger partial charge is 0.132 e. The summed E-state index contributed by atoms with van der Waals surface area (Å²) in [6.45, 7) is 5.36. The van der Waals surface area contributed by atoms with Crippen molar-refractivity contribution in [1.82, 2.24) is 13.7 Å². The fraction of sp³-hybridized carbons (Fsp3) is 0.207. The lowest BCUT2D eigenvalue weighted by molar-refractivity contribution is 0.744. The number of hydrogen-bond donors (Lipinski definition) is 1. The zero-order chi connectivity index (χ0) is 24.5. The van der Waals surface area contributed by atoms with Gasteiger partial charge in [0.25, 0.3) is 0 Å². The lowest BCUT2D eigenvalue weighted by Crippen LogP contribution is -2.00. The summed E-state index contributed by atoms with van der Waals surface area (Å²) in [6.07, 6.45) is 5.64. The zero-order valence-electron chi connectivity index (χ0n) is 20.2. The maximum atomic E-state index is 4.89. The maximum Gasteiger partial charge on any atom is 0.132 e. The molecule has 0 saturated heterocycles. The maximum absolute atomic E-state index is 4.89. The number of thiophene rings is 2. The molecule has 6 rings (SSSR count). The van der Waals surface area contributed by atoms with Crippen molar-refractivity contribution >= 4 is 60.5 Å². The molecule has 0 unspecified atom stereocenters. The van der Waals surface area contributed by atoms with Gasteiger partial charge in [-0.1, -0.05) is 61.7 Å². The molecule has 4 aromatic heterocycles. The summed E-state index contributed by atoms with van der Waals surface area (Å²) in [5.74, 6) is 0. The topological polar surface area (TPSA) is 50.7 Å². The van der Waals surface area contributed by atoms with E-state index in [-0.39, 0.29) is 0 Å². The van der Waals surface area contributed by atoms with E-state index in [0.29, 0.717) is 0 Å². The molecule has 0 aliphatic heterocycles. The van der Waals surface area contributed by atoms with Crippen molar-refractivity contribution in [3.8, 4) is 32.1 Å². The van der Waals surface area contributed by atoms with Gasteiger partial charge in [-0.05, 0) is 48.7 Å². The number of anilines is 1. The van der Waals surface area contributed by atoms with E-state index in [2.05, 4.69) is 88.6 Å². The molecule has 0 spiro atoms. The highest BCUT2D eigenvalue weighted by atomic mass is 32.1. The molecule has 1 N–H and O–H groups in total. The Labute approximate surface area is 223 Å². The van der Waals surface area contributed by atoms with Crippen LogP contribution in [0.15, 0.2) is 66.9 Å². The molecule has 0 radical (unpaired) electrons. The molecule has 0 aliphatic rings. The van der Waals surface area contributed by atoms with E-state index in [1.807, 2.05) is 17.5 Å². The van der Waals surface area contributed by atoms with Crippen LogP contribution >= 0.6 is 34.4 Å². The van der Waals surface area contributed by atoms with E-state index in [0.717, 1.165) is 45.0 Å². The minimum atomic E-state index is 0.881. The van der Waals surface area contributed by atoms with Crippen LogP contribution in [-0.2, 0) is 0 Å². The van der Waals surface area contributed by atoms with E-state index < -0.39 is 0 Å². The highest BCUT2D eigenvalue weighted by Crippen LogP contribution is 2.43. The lowest BCUT2D eigenvalue weighted by atomic mass is 10.0. The summed E-state index contributed by atoms with van der Waals surface area (Å²) in [5.41, 5.74) is 8.56. The van der Waals surface area contributed by atoms with Crippen molar-refractivity contribution in [2.45, 2.75) is 33.1 Å². The van der Waals surface area contributed by atoms with Crippen molar-refractivity contribution in [3.05, 3.63) is 72.4 Å². The third-order valence-corrected chi connectivity index (χ3v) is 9.25. The van der Waals surface area contributed by atoms with Gasteiger partial charge in [0.1, 0.15) is 16.7 Å². The van der Waals surface area contributed by atoms with Crippen LogP contribution in [0.2, 0.25) is 0 Å². The number of hydrogen-bond acceptors (Lipinski definition) is 7. The first-order valence-corrected chi connectivity index (χ1v) is 14.6. The normalized spacial score (nSPS) is 11.5. The number of benzene rings is 2. The van der Waals surface area contributed by atoms with Crippen LogP contribution in [0.4, 0.5) is 5.69 Å². The highest BCUT2D eigenvalue weighted by molar-refractivity contribution is 7.31. The quantitative estimate of drug-likeness (QED) is 0.201. The van der Waals surface area contributed by atoms with Crippen LogP contribution in [-0.4, -0.2) is 20.3 Å². The van der Waals surface area contributed by atoms with Gasteiger partial charge in [0.05, 0.1) is 16.6 Å². The minimum Gasteiger partial charge on any atom is -0.385 e. The Hall–Kier alpha value is -3.13. The van der Waals surface area contributed by atoms with Crippen LogP contribution in [0.3, 0.4) is 0 Å². The fourth-order valence-electron chi connectivity index (χ4n) is 4.35. The Bertz CT molecular complexity index is 1590. The molecule has 180 valence electrons. The lowest BCUT2D eigenvalue weighted by Gasteiger charge is -2.08. The van der Waals surface area contributed by atoms with Crippen LogP contribution in [0.1, 0.15) is 31.7 Å². The molecule has 2 aromatic carbocycles. The molecular formula is C29H26N4S3. The fourth-order valence-corrected chi connectivity index (χ4v) is 7.31. The number of aryl methyl sites for hydroxylation is 1. The molecule has 0 bridgehead atoms. The SMILES string of the molecule is CCCCCNc1ccc(-c2cnc(-c3cc4sc(-c5ccc(C)cc5)cc4s3)c3nsnc23)cc1. The van der Waals surface area contributed by atoms with Gasteiger partial charge in [-0.25, -0.2) is 0 Å². The average molecular weight is 527 g/mol. The van der Waals surface area contributed by atoms with Gasteiger partial charge in [-0.15, -0.1) is 22.7 Å². The number of unbranched alkanes of at least 4 members (excludes halogenated alkanes) is 2. The molecule has 0 atom stereocenters. The second kappa shape index (κ2) is 10.1. The van der Waals surface area contributed by atoms with E-state index >= 15 is 0 Å².